The summed E-state index contributed by atoms with van der Waals surface area (Å²) in [5.41, 5.74) is 1.02. The molecule has 3 rings (SSSR count). The number of H-pyrrole nitrogens is 1. The number of benzene rings is 2. The van der Waals surface area contributed by atoms with Gasteiger partial charge in [-0.1, -0.05) is 35.3 Å². The van der Waals surface area contributed by atoms with Crippen LogP contribution in [0.15, 0.2) is 48.7 Å². The fourth-order valence-corrected chi connectivity index (χ4v) is 2.16. The summed E-state index contributed by atoms with van der Waals surface area (Å²) in [6.07, 6.45) is 1.87. The highest BCUT2D eigenvalue weighted by molar-refractivity contribution is 6.42. The van der Waals surface area contributed by atoms with Gasteiger partial charge in [0, 0.05) is 17.1 Å². The van der Waals surface area contributed by atoms with Crippen LogP contribution in [0.1, 0.15) is 0 Å². The van der Waals surface area contributed by atoms with Crippen molar-refractivity contribution in [3.8, 4) is 11.5 Å². The lowest BCUT2D eigenvalue weighted by Gasteiger charge is -2.09. The van der Waals surface area contributed by atoms with E-state index in [9.17, 15) is 0 Å². The van der Waals surface area contributed by atoms with Crippen LogP contribution >= 0.6 is 23.2 Å². The smallest absolute Gasteiger partial charge is 0.147 e. The molecule has 1 heterocycles. The summed E-state index contributed by atoms with van der Waals surface area (Å²) in [5.74, 6) is 1.30. The van der Waals surface area contributed by atoms with Gasteiger partial charge in [0.2, 0.25) is 0 Å². The maximum atomic E-state index is 6.10. The minimum Gasteiger partial charge on any atom is -0.455 e. The zero-order chi connectivity index (χ0) is 12.5. The molecule has 0 amide bonds. The Morgan fingerprint density at radius 3 is 2.56 bits per heavy atom. The second-order valence-electron chi connectivity index (χ2n) is 3.85. The van der Waals surface area contributed by atoms with Crippen molar-refractivity contribution in [2.24, 2.45) is 0 Å². The Kier molecular flexibility index (Phi) is 2.90. The van der Waals surface area contributed by atoms with Gasteiger partial charge >= 0.3 is 0 Å². The molecule has 3 aromatic rings. The van der Waals surface area contributed by atoms with Crippen LogP contribution in [-0.4, -0.2) is 4.98 Å². The first-order valence-electron chi connectivity index (χ1n) is 5.43. The Morgan fingerprint density at radius 1 is 0.889 bits per heavy atom. The lowest BCUT2D eigenvalue weighted by Crippen LogP contribution is -1.86. The molecule has 0 bridgehead atoms. The standard InChI is InChI=1S/C14H9Cl2NO/c15-10-3-1-6-13(14(10)16)18-12-5-2-4-11-9(12)7-8-17-11/h1-8,17H. The van der Waals surface area contributed by atoms with E-state index in [0.29, 0.717) is 15.8 Å². The molecular formula is C14H9Cl2NO. The van der Waals surface area contributed by atoms with Crippen molar-refractivity contribution in [2.75, 3.05) is 0 Å². The first-order valence-corrected chi connectivity index (χ1v) is 6.19. The van der Waals surface area contributed by atoms with Crippen LogP contribution in [0.5, 0.6) is 11.5 Å². The monoisotopic (exact) mass is 277 g/mol. The van der Waals surface area contributed by atoms with Crippen molar-refractivity contribution in [3.63, 3.8) is 0 Å². The van der Waals surface area contributed by atoms with Crippen LogP contribution in [0, 0.1) is 0 Å². The second-order valence-corrected chi connectivity index (χ2v) is 4.63. The molecule has 0 unspecified atom stereocenters. The van der Waals surface area contributed by atoms with E-state index < -0.39 is 0 Å². The van der Waals surface area contributed by atoms with Gasteiger partial charge in [-0.2, -0.15) is 0 Å². The second kappa shape index (κ2) is 4.56. The number of aromatic amines is 1. The number of halogens is 2. The van der Waals surface area contributed by atoms with Gasteiger partial charge in [-0.3, -0.25) is 0 Å². The van der Waals surface area contributed by atoms with E-state index in [1.807, 2.05) is 30.5 Å². The van der Waals surface area contributed by atoms with Gasteiger partial charge < -0.3 is 9.72 Å². The number of fused-ring (bicyclic) bond motifs is 1. The highest BCUT2D eigenvalue weighted by atomic mass is 35.5. The number of nitrogens with one attached hydrogen (secondary N) is 1. The van der Waals surface area contributed by atoms with Gasteiger partial charge in [-0.15, -0.1) is 0 Å². The molecular weight excluding hydrogens is 269 g/mol. The predicted molar refractivity (Wildman–Crippen MR) is 74.8 cm³/mol. The molecule has 90 valence electrons. The Balaban J connectivity index is 2.06. The van der Waals surface area contributed by atoms with Gasteiger partial charge in [0.15, 0.2) is 0 Å². The summed E-state index contributed by atoms with van der Waals surface area (Å²) < 4.78 is 5.83. The largest absolute Gasteiger partial charge is 0.455 e. The first-order chi connectivity index (χ1) is 8.75. The van der Waals surface area contributed by atoms with E-state index in [2.05, 4.69) is 4.98 Å². The summed E-state index contributed by atoms with van der Waals surface area (Å²) in [5, 5.41) is 1.91. The van der Waals surface area contributed by atoms with Gasteiger partial charge in [0.05, 0.1) is 5.02 Å². The molecule has 0 atom stereocenters. The van der Waals surface area contributed by atoms with E-state index in [4.69, 9.17) is 27.9 Å². The molecule has 0 saturated heterocycles. The summed E-state index contributed by atoms with van der Waals surface area (Å²) >= 11 is 12.1. The van der Waals surface area contributed by atoms with Crippen molar-refractivity contribution >= 4 is 34.1 Å². The summed E-state index contributed by atoms with van der Waals surface area (Å²) in [7, 11) is 0. The third-order valence-electron chi connectivity index (χ3n) is 2.69. The molecule has 1 aromatic heterocycles. The SMILES string of the molecule is Clc1cccc(Oc2cccc3[nH]ccc23)c1Cl. The van der Waals surface area contributed by atoms with Gasteiger partial charge in [-0.05, 0) is 30.3 Å². The third kappa shape index (κ3) is 1.94. The number of hydrogen-bond donors (Lipinski definition) is 1. The molecule has 0 aliphatic heterocycles. The lowest BCUT2D eigenvalue weighted by molar-refractivity contribution is 0.488. The molecule has 1 N–H and O–H groups in total. The molecule has 0 fully saturated rings. The average Bonchev–Trinajstić information content (AvgIpc) is 2.84. The van der Waals surface area contributed by atoms with Crippen molar-refractivity contribution in [1.29, 1.82) is 0 Å². The molecule has 0 aliphatic rings. The molecule has 4 heteroatoms. The van der Waals surface area contributed by atoms with Crippen LogP contribution in [0.25, 0.3) is 10.9 Å². The van der Waals surface area contributed by atoms with Crippen LogP contribution in [0.4, 0.5) is 0 Å². The van der Waals surface area contributed by atoms with Crippen LogP contribution in [0.2, 0.25) is 10.0 Å². The van der Waals surface area contributed by atoms with Crippen LogP contribution in [-0.2, 0) is 0 Å². The number of hydrogen-bond acceptors (Lipinski definition) is 1. The molecule has 2 nitrogen and oxygen atoms in total. The van der Waals surface area contributed by atoms with Crippen molar-refractivity contribution < 1.29 is 4.74 Å². The van der Waals surface area contributed by atoms with Crippen molar-refractivity contribution in [2.45, 2.75) is 0 Å². The van der Waals surface area contributed by atoms with E-state index in [1.54, 1.807) is 18.2 Å². The Labute approximate surface area is 114 Å². The zero-order valence-corrected chi connectivity index (χ0v) is 10.8. The van der Waals surface area contributed by atoms with Gasteiger partial charge in [0.25, 0.3) is 0 Å². The normalized spacial score (nSPS) is 10.8. The summed E-state index contributed by atoms with van der Waals surface area (Å²) in [4.78, 5) is 3.13. The minimum absolute atomic E-state index is 0.423. The topological polar surface area (TPSA) is 25.0 Å². The molecule has 18 heavy (non-hydrogen) atoms. The lowest BCUT2D eigenvalue weighted by atomic mass is 10.2. The van der Waals surface area contributed by atoms with Crippen LogP contribution < -0.4 is 4.74 Å². The Hall–Kier alpha value is -1.64. The minimum atomic E-state index is 0.423. The number of ether oxygens (including phenoxy) is 1. The van der Waals surface area contributed by atoms with Crippen LogP contribution in [0.3, 0.4) is 0 Å². The molecule has 0 aliphatic carbocycles. The molecule has 0 spiro atoms. The quantitative estimate of drug-likeness (QED) is 0.678. The maximum absolute atomic E-state index is 6.10. The van der Waals surface area contributed by atoms with Crippen molar-refractivity contribution in [1.82, 2.24) is 4.98 Å². The Morgan fingerprint density at radius 2 is 1.67 bits per heavy atom. The highest BCUT2D eigenvalue weighted by Crippen LogP contribution is 2.36. The van der Waals surface area contributed by atoms with Crippen molar-refractivity contribution in [3.05, 3.63) is 58.7 Å². The maximum Gasteiger partial charge on any atom is 0.147 e. The number of aromatic nitrogens is 1. The van der Waals surface area contributed by atoms with Gasteiger partial charge in [-0.25, -0.2) is 0 Å². The molecule has 0 saturated carbocycles. The van der Waals surface area contributed by atoms with E-state index >= 15 is 0 Å². The number of rotatable bonds is 2. The zero-order valence-electron chi connectivity index (χ0n) is 9.28. The van der Waals surface area contributed by atoms with Gasteiger partial charge in [0.1, 0.15) is 16.5 Å². The third-order valence-corrected chi connectivity index (χ3v) is 3.49. The predicted octanol–water partition coefficient (Wildman–Crippen LogP) is 5.27. The fraction of sp³-hybridized carbons (Fsp3) is 0. The first kappa shape index (κ1) is 11.5. The summed E-state index contributed by atoms with van der Waals surface area (Å²) in [6.45, 7) is 0. The Bertz CT molecular complexity index is 706. The molecule has 2 aromatic carbocycles. The summed E-state index contributed by atoms with van der Waals surface area (Å²) in [6, 6.07) is 13.1. The van der Waals surface area contributed by atoms with E-state index in [1.165, 1.54) is 0 Å². The molecule has 0 radical (unpaired) electrons. The van der Waals surface area contributed by atoms with E-state index in [-0.39, 0.29) is 0 Å². The average molecular weight is 278 g/mol. The van der Waals surface area contributed by atoms with E-state index in [0.717, 1.165) is 16.7 Å². The fourth-order valence-electron chi connectivity index (χ4n) is 1.83. The highest BCUT2D eigenvalue weighted by Gasteiger charge is 2.09.